The van der Waals surface area contributed by atoms with Gasteiger partial charge in [-0.15, -0.1) is 0 Å². The molecule has 2 aromatic heterocycles. The second kappa shape index (κ2) is 3.78. The van der Waals surface area contributed by atoms with Crippen molar-refractivity contribution in [1.29, 1.82) is 0 Å². The van der Waals surface area contributed by atoms with Gasteiger partial charge in [0, 0.05) is 16.8 Å². The van der Waals surface area contributed by atoms with Gasteiger partial charge in [0.2, 0.25) is 0 Å². The summed E-state index contributed by atoms with van der Waals surface area (Å²) >= 11 is 0. The van der Waals surface area contributed by atoms with E-state index < -0.39 is 0 Å². The van der Waals surface area contributed by atoms with Crippen LogP contribution in [0.25, 0.3) is 23.1 Å². The van der Waals surface area contributed by atoms with Crippen LogP contribution < -0.4 is 20.4 Å². The smallest absolute Gasteiger partial charge is 0.455 e. The van der Waals surface area contributed by atoms with Gasteiger partial charge in [-0.3, -0.25) is 0 Å². The fourth-order valence-corrected chi connectivity index (χ4v) is 2.47. The number of imidazole rings is 1. The van der Waals surface area contributed by atoms with Gasteiger partial charge in [-0.1, -0.05) is 18.2 Å². The molecule has 3 heterocycles. The van der Waals surface area contributed by atoms with Crippen molar-refractivity contribution < 1.29 is 8.98 Å². The fraction of sp³-hybridized carbons (Fsp3) is 0.0714. The zero-order chi connectivity index (χ0) is 12.8. The van der Waals surface area contributed by atoms with E-state index in [0.29, 0.717) is 0 Å². The van der Waals surface area contributed by atoms with Crippen LogP contribution in [0.2, 0.25) is 0 Å². The largest absolute Gasteiger partial charge is 0.502 e. The Hall–Kier alpha value is -2.43. The van der Waals surface area contributed by atoms with Crippen LogP contribution in [-0.4, -0.2) is 11.5 Å². The zero-order valence-electron chi connectivity index (χ0n) is 10.5. The van der Waals surface area contributed by atoms with E-state index in [1.54, 1.807) is 0 Å². The second-order valence-electron chi connectivity index (χ2n) is 4.71. The molecule has 4 nitrogen and oxygen atoms in total. The lowest BCUT2D eigenvalue weighted by Gasteiger charge is -2.09. The highest BCUT2D eigenvalue weighted by atomic mass is 16.3. The van der Waals surface area contributed by atoms with Gasteiger partial charge in [-0.2, -0.15) is 0 Å². The monoisotopic (exact) mass is 249 g/mol. The van der Waals surface area contributed by atoms with Crippen molar-refractivity contribution in [2.24, 2.45) is 7.05 Å². The first kappa shape index (κ1) is 10.5. The van der Waals surface area contributed by atoms with E-state index in [-0.39, 0.29) is 6.98 Å². The van der Waals surface area contributed by atoms with Crippen LogP contribution in [0.4, 0.5) is 0 Å². The maximum Gasteiger partial charge on any atom is 0.502 e. The van der Waals surface area contributed by atoms with E-state index in [1.165, 1.54) is 0 Å². The van der Waals surface area contributed by atoms with E-state index in [4.69, 9.17) is 4.42 Å². The highest BCUT2D eigenvalue weighted by Gasteiger charge is 2.21. The maximum atomic E-state index is 5.81. The molecule has 1 aliphatic rings. The molecule has 0 unspecified atom stereocenters. The molecular formula is C14H12BN3O. The molecule has 5 heteroatoms. The lowest BCUT2D eigenvalue weighted by molar-refractivity contribution is -0.674. The quantitative estimate of drug-likeness (QED) is 0.360. The summed E-state index contributed by atoms with van der Waals surface area (Å²) in [5.41, 5.74) is 1.80. The Kier molecular flexibility index (Phi) is 2.09. The van der Waals surface area contributed by atoms with E-state index >= 15 is 0 Å². The van der Waals surface area contributed by atoms with Crippen LogP contribution in [0, 0.1) is 6.33 Å². The summed E-state index contributed by atoms with van der Waals surface area (Å²) in [6, 6.07) is 8.10. The molecule has 0 bridgehead atoms. The second-order valence-corrected chi connectivity index (χ2v) is 4.71. The third-order valence-corrected chi connectivity index (χ3v) is 3.40. The highest BCUT2D eigenvalue weighted by Crippen LogP contribution is 2.07. The average molecular weight is 249 g/mol. The SMILES string of the molecule is C[n+]1[c-]n(B2C=c3c(oc4ccccc34)=CN2)cc1. The van der Waals surface area contributed by atoms with Crippen LogP contribution in [0.15, 0.2) is 41.1 Å². The first-order valence-corrected chi connectivity index (χ1v) is 6.23. The topological polar surface area (TPSA) is 34.0 Å². The molecule has 1 N–H and O–H groups in total. The van der Waals surface area contributed by atoms with Crippen molar-refractivity contribution in [3.8, 4) is 0 Å². The number of fused-ring (bicyclic) bond motifs is 3. The molecule has 1 aromatic carbocycles. The van der Waals surface area contributed by atoms with Crippen LogP contribution in [0.1, 0.15) is 0 Å². The Morgan fingerprint density at radius 1 is 1.37 bits per heavy atom. The summed E-state index contributed by atoms with van der Waals surface area (Å²) in [5, 5.41) is 5.60. The standard InChI is InChI=1S/C14H12BN3O/c1-17-6-7-18(10-17)15-8-12-11-4-2-3-5-13(11)19-14(12)9-16-15/h2-9,16H,1H3. The molecule has 0 spiro atoms. The Bertz CT molecular complexity index is 878. The summed E-state index contributed by atoms with van der Waals surface area (Å²) in [6.45, 7) is 0.0645. The Morgan fingerprint density at radius 2 is 2.26 bits per heavy atom. The molecule has 3 aromatic rings. The third kappa shape index (κ3) is 1.58. The summed E-state index contributed by atoms with van der Waals surface area (Å²) in [4.78, 5) is 0. The minimum Gasteiger partial charge on any atom is -0.455 e. The molecule has 0 saturated heterocycles. The first-order chi connectivity index (χ1) is 9.31. The van der Waals surface area contributed by atoms with Crippen molar-refractivity contribution in [3.63, 3.8) is 0 Å². The van der Waals surface area contributed by atoms with Gasteiger partial charge in [0.25, 0.3) is 0 Å². The number of nitrogens with zero attached hydrogens (tertiary/aromatic N) is 2. The number of benzene rings is 1. The zero-order valence-corrected chi connectivity index (χ0v) is 10.5. The van der Waals surface area contributed by atoms with E-state index in [9.17, 15) is 0 Å². The molecule has 19 heavy (non-hydrogen) atoms. The van der Waals surface area contributed by atoms with E-state index in [2.05, 4.69) is 23.6 Å². The molecule has 0 saturated carbocycles. The van der Waals surface area contributed by atoms with Crippen molar-refractivity contribution in [2.75, 3.05) is 0 Å². The van der Waals surface area contributed by atoms with Gasteiger partial charge in [-0.05, 0) is 24.4 Å². The molecule has 1 aliphatic heterocycles. The van der Waals surface area contributed by atoms with Gasteiger partial charge in [-0.25, -0.2) is 0 Å². The normalized spacial score (nSPS) is 13.6. The maximum absolute atomic E-state index is 5.81. The van der Waals surface area contributed by atoms with Gasteiger partial charge >= 0.3 is 6.98 Å². The molecule has 4 rings (SSSR count). The number of aromatic nitrogens is 2. The molecule has 92 valence electrons. The van der Waals surface area contributed by atoms with Gasteiger partial charge in [0.05, 0.1) is 7.05 Å². The molecular weight excluding hydrogens is 237 g/mol. The molecule has 0 atom stereocenters. The fourth-order valence-electron chi connectivity index (χ4n) is 2.47. The van der Waals surface area contributed by atoms with Crippen LogP contribution in [0.5, 0.6) is 0 Å². The number of hydrogen-bond donors (Lipinski definition) is 1. The van der Waals surface area contributed by atoms with Gasteiger partial charge in [0.1, 0.15) is 11.0 Å². The number of hydrogen-bond acceptors (Lipinski definition) is 2. The summed E-state index contributed by atoms with van der Waals surface area (Å²) in [5.74, 6) is 2.16. The molecule has 0 amide bonds. The Labute approximate surface area is 110 Å². The molecule has 0 aliphatic carbocycles. The van der Waals surface area contributed by atoms with Crippen LogP contribution >= 0.6 is 0 Å². The van der Waals surface area contributed by atoms with E-state index in [1.807, 2.05) is 52.9 Å². The predicted molar refractivity (Wildman–Crippen MR) is 73.1 cm³/mol. The van der Waals surface area contributed by atoms with Gasteiger partial charge in [0.15, 0.2) is 6.33 Å². The molecule has 0 radical (unpaired) electrons. The summed E-state index contributed by atoms with van der Waals surface area (Å²) in [7, 11) is 1.96. The molecule has 0 fully saturated rings. The summed E-state index contributed by atoms with van der Waals surface area (Å²) < 4.78 is 9.71. The lowest BCUT2D eigenvalue weighted by atomic mass is 9.74. The highest BCUT2D eigenvalue weighted by molar-refractivity contribution is 6.70. The minimum absolute atomic E-state index is 0.0645. The van der Waals surface area contributed by atoms with Crippen LogP contribution in [-0.2, 0) is 7.05 Å². The number of aryl methyl sites for hydroxylation is 1. The van der Waals surface area contributed by atoms with Crippen molar-refractivity contribution in [2.45, 2.75) is 0 Å². The van der Waals surface area contributed by atoms with E-state index in [0.717, 1.165) is 21.6 Å². The Balaban J connectivity index is 1.94. The minimum atomic E-state index is 0.0645. The lowest BCUT2D eigenvalue weighted by Crippen LogP contribution is -2.45. The van der Waals surface area contributed by atoms with Gasteiger partial charge < -0.3 is 18.7 Å². The average Bonchev–Trinajstić information content (AvgIpc) is 3.01. The third-order valence-electron chi connectivity index (χ3n) is 3.40. The summed E-state index contributed by atoms with van der Waals surface area (Å²) in [6.07, 6.45) is 9.10. The number of furan rings is 1. The van der Waals surface area contributed by atoms with Crippen LogP contribution in [0.3, 0.4) is 0 Å². The first-order valence-electron chi connectivity index (χ1n) is 6.23. The predicted octanol–water partition coefficient (Wildman–Crippen LogP) is -0.444. The number of nitrogens with one attached hydrogen (secondary N) is 1. The van der Waals surface area contributed by atoms with Crippen molar-refractivity contribution >= 4 is 30.1 Å². The number of para-hydroxylation sites is 1. The Morgan fingerprint density at radius 3 is 3.11 bits per heavy atom. The van der Waals surface area contributed by atoms with Crippen molar-refractivity contribution in [3.05, 3.63) is 53.6 Å². The number of rotatable bonds is 1. The van der Waals surface area contributed by atoms with Crippen molar-refractivity contribution in [1.82, 2.24) is 9.71 Å².